The molecule has 0 amide bonds. The molecule has 0 aliphatic heterocycles. The lowest BCUT2D eigenvalue weighted by atomic mass is 9.89. The highest BCUT2D eigenvalue weighted by molar-refractivity contribution is 6.08. The summed E-state index contributed by atoms with van der Waals surface area (Å²) in [7, 11) is 0. The molecule has 126 valence electrons. The molecule has 0 aliphatic carbocycles. The first kappa shape index (κ1) is 16.8. The quantitative estimate of drug-likeness (QED) is 0.638. The van der Waals surface area contributed by atoms with Gasteiger partial charge in [0.1, 0.15) is 35.4 Å². The molecular weight excluding hydrogens is 314 g/mol. The lowest BCUT2D eigenvalue weighted by molar-refractivity contribution is -0.126. The van der Waals surface area contributed by atoms with Crippen LogP contribution in [0.4, 0.5) is 0 Å². The smallest absolute Gasteiger partial charge is 0.146 e. The topological polar surface area (TPSA) is 56.3 Å². The highest BCUT2D eigenvalue weighted by atomic mass is 16.5. The number of aromatic nitrogens is 1. The number of pyridine rings is 1. The maximum absolute atomic E-state index is 12.0. The van der Waals surface area contributed by atoms with Crippen molar-refractivity contribution in [2.75, 3.05) is 0 Å². The van der Waals surface area contributed by atoms with E-state index in [9.17, 15) is 9.59 Å². The maximum atomic E-state index is 12.0. The van der Waals surface area contributed by atoms with Crippen LogP contribution in [0.3, 0.4) is 0 Å². The van der Waals surface area contributed by atoms with Crippen LogP contribution in [-0.2, 0) is 16.2 Å². The van der Waals surface area contributed by atoms with Gasteiger partial charge < -0.3 is 4.74 Å². The second kappa shape index (κ2) is 7.26. The van der Waals surface area contributed by atoms with Crippen LogP contribution in [0, 0.1) is 0 Å². The second-order valence-corrected chi connectivity index (χ2v) is 5.98. The number of nitrogens with zero attached hydrogens (tertiary/aromatic N) is 1. The van der Waals surface area contributed by atoms with Gasteiger partial charge in [-0.2, -0.15) is 0 Å². The lowest BCUT2D eigenvalue weighted by Crippen LogP contribution is -2.17. The van der Waals surface area contributed by atoms with Crippen molar-refractivity contribution in [2.24, 2.45) is 0 Å². The summed E-state index contributed by atoms with van der Waals surface area (Å²) in [4.78, 5) is 28.3. The van der Waals surface area contributed by atoms with Gasteiger partial charge >= 0.3 is 0 Å². The van der Waals surface area contributed by atoms with Crippen molar-refractivity contribution < 1.29 is 14.3 Å². The molecule has 4 heteroatoms. The Morgan fingerprint density at radius 3 is 2.36 bits per heavy atom. The van der Waals surface area contributed by atoms with E-state index in [0.29, 0.717) is 23.4 Å². The Balaban J connectivity index is 2.01. The SMILES string of the molecule is CC(=O)C(C(C)=O)c1ccc(OCc2ccccc2)c2ncccc12. The molecule has 1 heterocycles. The van der Waals surface area contributed by atoms with Crippen LogP contribution in [0.2, 0.25) is 0 Å². The summed E-state index contributed by atoms with van der Waals surface area (Å²) in [6, 6.07) is 17.1. The molecule has 3 rings (SSSR count). The fourth-order valence-corrected chi connectivity index (χ4v) is 3.00. The van der Waals surface area contributed by atoms with E-state index in [2.05, 4.69) is 4.98 Å². The molecule has 0 spiro atoms. The van der Waals surface area contributed by atoms with Crippen molar-refractivity contribution in [3.05, 3.63) is 71.9 Å². The third kappa shape index (κ3) is 3.58. The van der Waals surface area contributed by atoms with E-state index >= 15 is 0 Å². The largest absolute Gasteiger partial charge is 0.487 e. The molecular formula is C21H19NO3. The standard InChI is InChI=1S/C21H19NO3/c1-14(23)20(15(2)24)17-10-11-19(21-18(17)9-6-12-22-21)25-13-16-7-4-3-5-8-16/h3-12,20H,13H2,1-2H3. The van der Waals surface area contributed by atoms with E-state index in [4.69, 9.17) is 4.74 Å². The summed E-state index contributed by atoms with van der Waals surface area (Å²) in [5, 5.41) is 0.767. The van der Waals surface area contributed by atoms with Gasteiger partial charge in [-0.15, -0.1) is 0 Å². The molecule has 0 fully saturated rings. The number of Topliss-reactive ketones (excluding diaryl/α,β-unsaturated/α-hetero) is 2. The number of ether oxygens (including phenoxy) is 1. The van der Waals surface area contributed by atoms with Crippen molar-refractivity contribution in [3.63, 3.8) is 0 Å². The molecule has 0 bridgehead atoms. The van der Waals surface area contributed by atoms with Crippen LogP contribution in [0.25, 0.3) is 10.9 Å². The Kier molecular flexibility index (Phi) is 4.89. The molecule has 0 radical (unpaired) electrons. The summed E-state index contributed by atoms with van der Waals surface area (Å²) in [6.45, 7) is 3.30. The third-order valence-electron chi connectivity index (χ3n) is 4.13. The van der Waals surface area contributed by atoms with Gasteiger partial charge in [-0.1, -0.05) is 42.5 Å². The van der Waals surface area contributed by atoms with Crippen molar-refractivity contribution in [1.29, 1.82) is 0 Å². The van der Waals surface area contributed by atoms with Gasteiger partial charge in [0.05, 0.1) is 0 Å². The minimum Gasteiger partial charge on any atom is -0.487 e. The second-order valence-electron chi connectivity index (χ2n) is 5.98. The Bertz CT molecular complexity index is 905. The van der Waals surface area contributed by atoms with Gasteiger partial charge in [0.15, 0.2) is 0 Å². The fourth-order valence-electron chi connectivity index (χ4n) is 3.00. The summed E-state index contributed by atoms with van der Waals surface area (Å²) in [5.74, 6) is -0.477. The third-order valence-corrected chi connectivity index (χ3v) is 4.13. The van der Waals surface area contributed by atoms with Crippen LogP contribution >= 0.6 is 0 Å². The van der Waals surface area contributed by atoms with Crippen molar-refractivity contribution >= 4 is 22.5 Å². The van der Waals surface area contributed by atoms with E-state index in [-0.39, 0.29) is 11.6 Å². The summed E-state index contributed by atoms with van der Waals surface area (Å²) >= 11 is 0. The minimum atomic E-state index is -0.769. The molecule has 2 aromatic carbocycles. The predicted octanol–water partition coefficient (Wildman–Crippen LogP) is 4.08. The lowest BCUT2D eigenvalue weighted by Gasteiger charge is -2.16. The van der Waals surface area contributed by atoms with Gasteiger partial charge in [0, 0.05) is 11.6 Å². The van der Waals surface area contributed by atoms with E-state index in [1.54, 1.807) is 24.4 Å². The zero-order valence-electron chi connectivity index (χ0n) is 14.2. The average molecular weight is 333 g/mol. The van der Waals surface area contributed by atoms with E-state index in [1.807, 2.05) is 36.4 Å². The van der Waals surface area contributed by atoms with E-state index in [1.165, 1.54) is 13.8 Å². The van der Waals surface area contributed by atoms with Crippen LogP contribution in [0.15, 0.2) is 60.8 Å². The van der Waals surface area contributed by atoms with Crippen LogP contribution in [0.1, 0.15) is 30.9 Å². The summed E-state index contributed by atoms with van der Waals surface area (Å²) in [6.07, 6.45) is 1.68. The number of benzene rings is 2. The van der Waals surface area contributed by atoms with Crippen molar-refractivity contribution in [1.82, 2.24) is 4.98 Å². The first-order chi connectivity index (χ1) is 12.1. The molecule has 0 aliphatic rings. The molecule has 0 N–H and O–H groups in total. The Morgan fingerprint density at radius 2 is 1.68 bits per heavy atom. The Hall–Kier alpha value is -3.01. The van der Waals surface area contributed by atoms with Gasteiger partial charge in [-0.25, -0.2) is 0 Å². The Labute approximate surface area is 146 Å². The zero-order chi connectivity index (χ0) is 17.8. The number of rotatable bonds is 6. The van der Waals surface area contributed by atoms with Gasteiger partial charge in [0.2, 0.25) is 0 Å². The van der Waals surface area contributed by atoms with Gasteiger partial charge in [-0.3, -0.25) is 14.6 Å². The number of hydrogen-bond acceptors (Lipinski definition) is 4. The molecule has 0 saturated heterocycles. The molecule has 1 aromatic heterocycles. The Morgan fingerprint density at radius 1 is 0.960 bits per heavy atom. The highest BCUT2D eigenvalue weighted by Crippen LogP contribution is 2.32. The molecule has 25 heavy (non-hydrogen) atoms. The normalized spacial score (nSPS) is 10.8. The minimum absolute atomic E-state index is 0.171. The highest BCUT2D eigenvalue weighted by Gasteiger charge is 2.24. The first-order valence-corrected chi connectivity index (χ1v) is 8.13. The van der Waals surface area contributed by atoms with E-state index < -0.39 is 5.92 Å². The van der Waals surface area contributed by atoms with Gasteiger partial charge in [0.25, 0.3) is 0 Å². The average Bonchev–Trinajstić information content (AvgIpc) is 2.61. The molecule has 0 atom stereocenters. The first-order valence-electron chi connectivity index (χ1n) is 8.13. The number of carbonyl (C=O) groups is 2. The fraction of sp³-hybridized carbons (Fsp3) is 0.190. The van der Waals surface area contributed by atoms with Crippen molar-refractivity contribution in [3.8, 4) is 5.75 Å². The van der Waals surface area contributed by atoms with Crippen LogP contribution in [-0.4, -0.2) is 16.6 Å². The van der Waals surface area contributed by atoms with Crippen LogP contribution in [0.5, 0.6) is 5.75 Å². The molecule has 4 nitrogen and oxygen atoms in total. The predicted molar refractivity (Wildman–Crippen MR) is 96.6 cm³/mol. The maximum Gasteiger partial charge on any atom is 0.146 e. The monoisotopic (exact) mass is 333 g/mol. The number of carbonyl (C=O) groups excluding carboxylic acids is 2. The molecule has 0 unspecified atom stereocenters. The molecule has 3 aromatic rings. The van der Waals surface area contributed by atoms with Crippen LogP contribution < -0.4 is 4.74 Å². The van der Waals surface area contributed by atoms with Crippen molar-refractivity contribution in [2.45, 2.75) is 26.4 Å². The molecule has 0 saturated carbocycles. The summed E-state index contributed by atoms with van der Waals surface area (Å²) < 4.78 is 5.93. The number of ketones is 2. The summed E-state index contributed by atoms with van der Waals surface area (Å²) in [5.41, 5.74) is 2.39. The van der Waals surface area contributed by atoms with E-state index in [0.717, 1.165) is 10.9 Å². The number of hydrogen-bond donors (Lipinski definition) is 0. The van der Waals surface area contributed by atoms with Gasteiger partial charge in [-0.05, 0) is 37.1 Å². The zero-order valence-corrected chi connectivity index (χ0v) is 14.2. The number of fused-ring (bicyclic) bond motifs is 1.